The number of aromatic nitrogens is 4. The fraction of sp³-hybridized carbons (Fsp3) is 0.385. The highest BCUT2D eigenvalue weighted by atomic mass is 16.2. The molecule has 0 saturated heterocycles. The van der Waals surface area contributed by atoms with E-state index < -0.39 is 0 Å². The number of amides is 1. The molecule has 1 atom stereocenters. The van der Waals surface area contributed by atoms with E-state index in [1.165, 1.54) is 19.2 Å². The minimum absolute atomic E-state index is 0.185. The van der Waals surface area contributed by atoms with Crippen LogP contribution in [0.5, 0.6) is 0 Å². The molecule has 0 aliphatic carbocycles. The Balaban J connectivity index is 2.17. The maximum absolute atomic E-state index is 12.1. The predicted octanol–water partition coefficient (Wildman–Crippen LogP) is 0.313. The first-order chi connectivity index (χ1) is 9.40. The third-order valence-corrected chi connectivity index (χ3v) is 3.28. The number of rotatable bonds is 3. The molecule has 7 nitrogen and oxygen atoms in total. The zero-order valence-electron chi connectivity index (χ0n) is 11.9. The van der Waals surface area contributed by atoms with E-state index in [1.807, 2.05) is 20.9 Å². The Morgan fingerprint density at radius 2 is 2.00 bits per heavy atom. The van der Waals surface area contributed by atoms with Gasteiger partial charge in [0.1, 0.15) is 5.69 Å². The summed E-state index contributed by atoms with van der Waals surface area (Å²) in [4.78, 5) is 23.3. The number of hydrogen-bond acceptors (Lipinski definition) is 4. The number of nitrogens with zero attached hydrogens (tertiary/aromatic N) is 4. The second kappa shape index (κ2) is 5.28. The smallest absolute Gasteiger partial charge is 0.272 e. The molecule has 2 aromatic rings. The zero-order chi connectivity index (χ0) is 14.9. The molecule has 0 fully saturated rings. The summed E-state index contributed by atoms with van der Waals surface area (Å²) in [6.07, 6.45) is 1.73. The molecule has 0 bridgehead atoms. The van der Waals surface area contributed by atoms with E-state index in [-0.39, 0.29) is 23.2 Å². The van der Waals surface area contributed by atoms with Gasteiger partial charge in [-0.1, -0.05) is 0 Å². The fourth-order valence-corrected chi connectivity index (χ4v) is 1.91. The highest BCUT2D eigenvalue weighted by Gasteiger charge is 2.16. The Labute approximate surface area is 116 Å². The Morgan fingerprint density at radius 3 is 2.55 bits per heavy atom. The predicted molar refractivity (Wildman–Crippen MR) is 73.3 cm³/mol. The first-order valence-electron chi connectivity index (χ1n) is 6.24. The number of aryl methyl sites for hydroxylation is 2. The standard InChI is InChI=1S/C13H17N5O2/c1-8(10-7-14-17(3)9(10)2)15-13(20)11-5-6-12(19)18(4)16-11/h5-8H,1-4H3,(H,15,20). The molecule has 0 aromatic carbocycles. The van der Waals surface area contributed by atoms with Crippen LogP contribution in [-0.4, -0.2) is 25.5 Å². The minimum atomic E-state index is -0.323. The maximum atomic E-state index is 12.1. The summed E-state index contributed by atoms with van der Waals surface area (Å²) in [5.74, 6) is -0.323. The maximum Gasteiger partial charge on any atom is 0.272 e. The summed E-state index contributed by atoms with van der Waals surface area (Å²) in [5.41, 5.74) is 1.90. The summed E-state index contributed by atoms with van der Waals surface area (Å²) in [5, 5.41) is 10.9. The molecular weight excluding hydrogens is 258 g/mol. The van der Waals surface area contributed by atoms with Gasteiger partial charge in [-0.3, -0.25) is 14.3 Å². The van der Waals surface area contributed by atoms with Crippen LogP contribution in [0.2, 0.25) is 0 Å². The van der Waals surface area contributed by atoms with E-state index in [4.69, 9.17) is 0 Å². The molecule has 7 heteroatoms. The van der Waals surface area contributed by atoms with Crippen molar-refractivity contribution in [3.63, 3.8) is 0 Å². The van der Waals surface area contributed by atoms with Crippen molar-refractivity contribution >= 4 is 5.91 Å². The largest absolute Gasteiger partial charge is 0.344 e. The molecule has 2 rings (SSSR count). The molecule has 2 heterocycles. The molecule has 0 aliphatic rings. The van der Waals surface area contributed by atoms with Gasteiger partial charge >= 0.3 is 0 Å². The van der Waals surface area contributed by atoms with Crippen molar-refractivity contribution in [3.8, 4) is 0 Å². The molecule has 1 unspecified atom stereocenters. The summed E-state index contributed by atoms with van der Waals surface area (Å²) in [7, 11) is 3.36. The van der Waals surface area contributed by atoms with Crippen LogP contribution in [0.25, 0.3) is 0 Å². The van der Waals surface area contributed by atoms with E-state index >= 15 is 0 Å². The molecule has 1 amide bonds. The zero-order valence-corrected chi connectivity index (χ0v) is 11.9. The van der Waals surface area contributed by atoms with Gasteiger partial charge in [0, 0.05) is 31.4 Å². The normalized spacial score (nSPS) is 12.2. The van der Waals surface area contributed by atoms with E-state index in [9.17, 15) is 9.59 Å². The molecule has 2 aromatic heterocycles. The van der Waals surface area contributed by atoms with Crippen LogP contribution in [-0.2, 0) is 14.1 Å². The van der Waals surface area contributed by atoms with Crippen LogP contribution in [0.1, 0.15) is 34.7 Å². The lowest BCUT2D eigenvalue weighted by Gasteiger charge is -2.13. The van der Waals surface area contributed by atoms with Crippen molar-refractivity contribution in [1.82, 2.24) is 24.9 Å². The van der Waals surface area contributed by atoms with Crippen molar-refractivity contribution < 1.29 is 4.79 Å². The highest BCUT2D eigenvalue weighted by molar-refractivity contribution is 5.92. The quantitative estimate of drug-likeness (QED) is 0.874. The number of hydrogen-bond donors (Lipinski definition) is 1. The first kappa shape index (κ1) is 14.0. The van der Waals surface area contributed by atoms with Crippen LogP contribution in [0.15, 0.2) is 23.1 Å². The molecule has 0 aliphatic heterocycles. The van der Waals surface area contributed by atoms with Crippen LogP contribution in [0, 0.1) is 6.92 Å². The van der Waals surface area contributed by atoms with Gasteiger partial charge in [0.05, 0.1) is 12.2 Å². The molecule has 20 heavy (non-hydrogen) atoms. The molecular formula is C13H17N5O2. The van der Waals surface area contributed by atoms with Gasteiger partial charge in [-0.25, -0.2) is 4.68 Å². The van der Waals surface area contributed by atoms with E-state index in [2.05, 4.69) is 15.5 Å². The van der Waals surface area contributed by atoms with Crippen LogP contribution < -0.4 is 10.9 Å². The summed E-state index contributed by atoms with van der Waals surface area (Å²) >= 11 is 0. The summed E-state index contributed by atoms with van der Waals surface area (Å²) in [6.45, 7) is 3.82. The third-order valence-electron chi connectivity index (χ3n) is 3.28. The average Bonchev–Trinajstić information content (AvgIpc) is 2.73. The average molecular weight is 275 g/mol. The Kier molecular flexibility index (Phi) is 3.69. The molecule has 0 saturated carbocycles. The Hall–Kier alpha value is -2.44. The van der Waals surface area contributed by atoms with Crippen molar-refractivity contribution in [1.29, 1.82) is 0 Å². The molecule has 0 radical (unpaired) electrons. The van der Waals surface area contributed by atoms with Gasteiger partial charge in [0.25, 0.3) is 11.5 Å². The van der Waals surface area contributed by atoms with Gasteiger partial charge in [-0.2, -0.15) is 10.2 Å². The topological polar surface area (TPSA) is 81.8 Å². The lowest BCUT2D eigenvalue weighted by molar-refractivity contribution is 0.0932. The number of carbonyl (C=O) groups is 1. The highest BCUT2D eigenvalue weighted by Crippen LogP contribution is 2.16. The van der Waals surface area contributed by atoms with Gasteiger partial charge in [-0.05, 0) is 19.9 Å². The Morgan fingerprint density at radius 1 is 1.30 bits per heavy atom. The van der Waals surface area contributed by atoms with E-state index in [0.29, 0.717) is 0 Å². The van der Waals surface area contributed by atoms with E-state index in [1.54, 1.807) is 10.9 Å². The molecule has 106 valence electrons. The summed E-state index contributed by atoms with van der Waals surface area (Å²) < 4.78 is 2.89. The number of nitrogens with one attached hydrogen (secondary N) is 1. The van der Waals surface area contributed by atoms with Gasteiger partial charge in [0.2, 0.25) is 0 Å². The van der Waals surface area contributed by atoms with Crippen LogP contribution in [0.3, 0.4) is 0 Å². The van der Waals surface area contributed by atoms with Crippen LogP contribution in [0.4, 0.5) is 0 Å². The van der Waals surface area contributed by atoms with E-state index in [0.717, 1.165) is 15.9 Å². The fourth-order valence-electron chi connectivity index (χ4n) is 1.91. The van der Waals surface area contributed by atoms with Crippen molar-refractivity contribution in [2.24, 2.45) is 14.1 Å². The molecule has 0 spiro atoms. The van der Waals surface area contributed by atoms with Gasteiger partial charge in [0.15, 0.2) is 0 Å². The lowest BCUT2D eigenvalue weighted by Crippen LogP contribution is -2.30. The second-order valence-electron chi connectivity index (χ2n) is 4.68. The summed E-state index contributed by atoms with van der Waals surface area (Å²) in [6, 6.07) is 2.55. The second-order valence-corrected chi connectivity index (χ2v) is 4.68. The number of carbonyl (C=O) groups excluding carboxylic acids is 1. The van der Waals surface area contributed by atoms with Gasteiger partial charge < -0.3 is 5.32 Å². The molecule has 1 N–H and O–H groups in total. The van der Waals surface area contributed by atoms with Crippen LogP contribution >= 0.6 is 0 Å². The van der Waals surface area contributed by atoms with Crippen molar-refractivity contribution in [2.45, 2.75) is 19.9 Å². The minimum Gasteiger partial charge on any atom is -0.344 e. The first-order valence-corrected chi connectivity index (χ1v) is 6.24. The SMILES string of the molecule is Cc1c(C(C)NC(=O)c2ccc(=O)n(C)n2)cnn1C. The third kappa shape index (κ3) is 2.61. The van der Waals surface area contributed by atoms with Gasteiger partial charge in [-0.15, -0.1) is 0 Å². The van der Waals surface area contributed by atoms with Crippen molar-refractivity contribution in [3.05, 3.63) is 45.6 Å². The Bertz CT molecular complexity index is 701. The monoisotopic (exact) mass is 275 g/mol. The van der Waals surface area contributed by atoms with Crippen molar-refractivity contribution in [2.75, 3.05) is 0 Å². The lowest BCUT2D eigenvalue weighted by atomic mass is 10.1.